The number of aromatic nitrogens is 4. The fourth-order valence-electron chi connectivity index (χ4n) is 5.16. The van der Waals surface area contributed by atoms with E-state index in [2.05, 4.69) is 15.2 Å². The molecule has 2 atom stereocenters. The van der Waals surface area contributed by atoms with Gasteiger partial charge in [-0.2, -0.15) is 15.0 Å². The molecule has 0 aliphatic carbocycles. The Bertz CT molecular complexity index is 1320. The van der Waals surface area contributed by atoms with Gasteiger partial charge in [0.15, 0.2) is 11.3 Å². The number of carbonyl (C=O) groups is 1. The zero-order valence-corrected chi connectivity index (χ0v) is 20.5. The van der Waals surface area contributed by atoms with Gasteiger partial charge in [0, 0.05) is 0 Å². The van der Waals surface area contributed by atoms with Gasteiger partial charge >= 0.3 is 0 Å². The zero-order chi connectivity index (χ0) is 26.0. The lowest BCUT2D eigenvalue weighted by atomic mass is 9.94. The van der Waals surface area contributed by atoms with Crippen molar-refractivity contribution in [1.82, 2.24) is 24.9 Å². The molecule has 3 aromatic rings. The Balaban J connectivity index is 1.43. The van der Waals surface area contributed by atoms with Gasteiger partial charge in [0.05, 0.1) is 44.3 Å². The normalized spacial score (nSPS) is 23.9. The highest BCUT2D eigenvalue weighted by Gasteiger charge is 2.66. The number of aryl methyl sites for hydroxylation is 1. The van der Waals surface area contributed by atoms with Crippen molar-refractivity contribution in [3.8, 4) is 5.69 Å². The van der Waals surface area contributed by atoms with E-state index in [0.717, 1.165) is 26.9 Å². The summed E-state index contributed by atoms with van der Waals surface area (Å²) in [5.41, 5.74) is -4.17. The highest BCUT2D eigenvalue weighted by molar-refractivity contribution is 5.98. The average Bonchev–Trinajstić information content (AvgIpc) is 3.46. The van der Waals surface area contributed by atoms with Crippen LogP contribution in [0, 0.1) is 19.7 Å². The Morgan fingerprint density at radius 3 is 2.25 bits per heavy atom. The quantitative estimate of drug-likeness (QED) is 0.593. The molecule has 1 N–H and O–H groups in total. The third kappa shape index (κ3) is 3.73. The van der Waals surface area contributed by atoms with Crippen LogP contribution in [0.25, 0.3) is 5.69 Å². The van der Waals surface area contributed by atoms with Crippen LogP contribution < -0.4 is 4.90 Å². The van der Waals surface area contributed by atoms with E-state index in [0.29, 0.717) is 11.5 Å². The number of halogens is 3. The molecular formula is C25H27F3N6O2. The van der Waals surface area contributed by atoms with Gasteiger partial charge in [0.1, 0.15) is 28.5 Å². The number of amides is 1. The van der Waals surface area contributed by atoms with Crippen molar-refractivity contribution in [2.45, 2.75) is 44.6 Å². The van der Waals surface area contributed by atoms with Gasteiger partial charge < -0.3 is 14.9 Å². The summed E-state index contributed by atoms with van der Waals surface area (Å²) in [7, 11) is 0. The number of benzene rings is 1. The number of hydrogen-bond donors (Lipinski definition) is 1. The number of anilines is 1. The molecule has 36 heavy (non-hydrogen) atoms. The number of rotatable bonds is 4. The second-order valence-corrected chi connectivity index (χ2v) is 10.2. The molecule has 190 valence electrons. The number of alkyl halides is 2. The average molecular weight is 501 g/mol. The lowest BCUT2D eigenvalue weighted by Gasteiger charge is -2.27. The second kappa shape index (κ2) is 8.02. The zero-order valence-electron chi connectivity index (χ0n) is 20.5. The summed E-state index contributed by atoms with van der Waals surface area (Å²) in [5.74, 6) is -1.30. The molecule has 5 rings (SSSR count). The minimum Gasteiger partial charge on any atom is -0.384 e. The maximum absolute atomic E-state index is 16.1. The molecule has 2 saturated heterocycles. The van der Waals surface area contributed by atoms with E-state index in [-0.39, 0.29) is 24.3 Å². The number of pyridine rings is 1. The predicted octanol–water partition coefficient (Wildman–Crippen LogP) is 3.04. The highest BCUT2D eigenvalue weighted by atomic mass is 19.2. The second-order valence-electron chi connectivity index (χ2n) is 10.2. The van der Waals surface area contributed by atoms with E-state index in [1.807, 2.05) is 13.8 Å². The van der Waals surface area contributed by atoms with Gasteiger partial charge in [-0.1, -0.05) is 6.07 Å². The molecule has 8 nitrogen and oxygen atoms in total. The lowest BCUT2D eigenvalue weighted by Crippen LogP contribution is -2.44. The number of nitrogens with zero attached hydrogens (tertiary/aromatic N) is 6. The summed E-state index contributed by atoms with van der Waals surface area (Å²) in [6.07, 6.45) is 2.76. The third-order valence-electron chi connectivity index (χ3n) is 7.12. The molecule has 0 unspecified atom stereocenters. The van der Waals surface area contributed by atoms with Crippen LogP contribution in [0.15, 0.2) is 36.7 Å². The number of fused-ring (bicyclic) bond motifs is 1. The first-order chi connectivity index (χ1) is 16.8. The Morgan fingerprint density at radius 2 is 1.67 bits per heavy atom. The van der Waals surface area contributed by atoms with E-state index < -0.39 is 41.8 Å². The third-order valence-corrected chi connectivity index (χ3v) is 7.12. The van der Waals surface area contributed by atoms with Crippen LogP contribution in [0.3, 0.4) is 0 Å². The standard InChI is InChI=1S/C25H27F3N6O2/c1-15-10-19(31-21(16(15)2)23(3,4)36)32-11-24(27)13-33(14-25(24,28)12-32)22(35)20-17(26)6-5-7-18(20)34-29-8-9-30-34/h5-10,36H,11-14H2,1-4H3/t24-,25+. The Kier molecular flexibility index (Phi) is 5.40. The number of hydrogen-bond acceptors (Lipinski definition) is 6. The van der Waals surface area contributed by atoms with Crippen LogP contribution in [0.4, 0.5) is 19.0 Å². The largest absolute Gasteiger partial charge is 0.384 e. The molecule has 2 aliphatic heterocycles. The molecule has 0 saturated carbocycles. The number of aliphatic hydroxyl groups is 1. The van der Waals surface area contributed by atoms with Crippen LogP contribution in [0.2, 0.25) is 0 Å². The summed E-state index contributed by atoms with van der Waals surface area (Å²) < 4.78 is 47.0. The summed E-state index contributed by atoms with van der Waals surface area (Å²) >= 11 is 0. The molecule has 1 amide bonds. The van der Waals surface area contributed by atoms with Crippen molar-refractivity contribution in [2.24, 2.45) is 0 Å². The fraction of sp³-hybridized carbons (Fsp3) is 0.440. The topological polar surface area (TPSA) is 87.4 Å². The predicted molar refractivity (Wildman–Crippen MR) is 126 cm³/mol. The van der Waals surface area contributed by atoms with Gasteiger partial charge in [0.2, 0.25) is 0 Å². The lowest BCUT2D eigenvalue weighted by molar-refractivity contribution is 0.0491. The van der Waals surface area contributed by atoms with Crippen LogP contribution in [0.5, 0.6) is 0 Å². The van der Waals surface area contributed by atoms with Gasteiger partial charge in [0.25, 0.3) is 5.91 Å². The molecule has 1 aromatic carbocycles. The van der Waals surface area contributed by atoms with Crippen molar-refractivity contribution in [1.29, 1.82) is 0 Å². The molecule has 0 radical (unpaired) electrons. The Labute approximate surface area is 206 Å². The molecular weight excluding hydrogens is 473 g/mol. The smallest absolute Gasteiger partial charge is 0.259 e. The molecule has 2 aliphatic rings. The molecule has 4 heterocycles. The molecule has 2 fully saturated rings. The molecule has 2 aromatic heterocycles. The minimum absolute atomic E-state index is 0.0861. The summed E-state index contributed by atoms with van der Waals surface area (Å²) in [5, 5.41) is 18.4. The van der Waals surface area contributed by atoms with Crippen molar-refractivity contribution < 1.29 is 23.1 Å². The van der Waals surface area contributed by atoms with E-state index in [4.69, 9.17) is 0 Å². The van der Waals surface area contributed by atoms with Crippen molar-refractivity contribution in [3.05, 3.63) is 64.9 Å². The van der Waals surface area contributed by atoms with Crippen molar-refractivity contribution in [3.63, 3.8) is 0 Å². The first kappa shape index (κ1) is 24.2. The van der Waals surface area contributed by atoms with Crippen LogP contribution >= 0.6 is 0 Å². The Morgan fingerprint density at radius 1 is 1.06 bits per heavy atom. The number of carbonyl (C=O) groups excluding carboxylic acids is 1. The van der Waals surface area contributed by atoms with E-state index >= 15 is 8.78 Å². The van der Waals surface area contributed by atoms with Crippen LogP contribution in [0.1, 0.15) is 41.0 Å². The van der Waals surface area contributed by atoms with Gasteiger partial charge in [-0.3, -0.25) is 4.79 Å². The highest BCUT2D eigenvalue weighted by Crippen LogP contribution is 2.46. The van der Waals surface area contributed by atoms with Crippen molar-refractivity contribution in [2.75, 3.05) is 31.1 Å². The summed E-state index contributed by atoms with van der Waals surface area (Å²) in [4.78, 5) is 21.5. The maximum atomic E-state index is 16.1. The Hall–Kier alpha value is -3.47. The van der Waals surface area contributed by atoms with Crippen molar-refractivity contribution >= 4 is 11.7 Å². The molecule has 11 heteroatoms. The molecule has 0 spiro atoms. The van der Waals surface area contributed by atoms with E-state index in [9.17, 15) is 14.3 Å². The fourth-order valence-corrected chi connectivity index (χ4v) is 5.16. The summed E-state index contributed by atoms with van der Waals surface area (Å²) in [6.45, 7) is 5.16. The maximum Gasteiger partial charge on any atom is 0.259 e. The van der Waals surface area contributed by atoms with Gasteiger partial charge in [-0.15, -0.1) is 0 Å². The van der Waals surface area contributed by atoms with Gasteiger partial charge in [-0.05, 0) is 57.0 Å². The first-order valence-corrected chi connectivity index (χ1v) is 11.6. The van der Waals surface area contributed by atoms with Crippen LogP contribution in [-0.2, 0) is 5.60 Å². The van der Waals surface area contributed by atoms with Gasteiger partial charge in [-0.25, -0.2) is 18.2 Å². The first-order valence-electron chi connectivity index (χ1n) is 11.6. The van der Waals surface area contributed by atoms with E-state index in [1.54, 1.807) is 19.9 Å². The van der Waals surface area contributed by atoms with E-state index in [1.165, 1.54) is 29.4 Å². The SMILES string of the molecule is Cc1cc(N2C[C@]3(F)CN(C(=O)c4c(F)cccc4-n4nccn4)C[C@]3(F)C2)nc(C(C)(C)O)c1C. The monoisotopic (exact) mass is 500 g/mol. The molecule has 0 bridgehead atoms. The summed E-state index contributed by atoms with van der Waals surface area (Å²) in [6, 6.07) is 5.73. The minimum atomic E-state index is -2.38. The number of likely N-dealkylation sites (tertiary alicyclic amines) is 1. The van der Waals surface area contributed by atoms with Crippen LogP contribution in [-0.4, -0.2) is 73.4 Å².